The predicted octanol–water partition coefficient (Wildman–Crippen LogP) is 6.15. The number of alkyl halides is 3. The van der Waals surface area contributed by atoms with Crippen LogP contribution >= 0.6 is 7.14 Å². The van der Waals surface area contributed by atoms with Crippen molar-refractivity contribution in [3.8, 4) is 0 Å². The number of nitrogens with zero attached hydrogens (tertiary/aromatic N) is 1. The minimum absolute atomic E-state index is 0.0256. The van der Waals surface area contributed by atoms with Crippen molar-refractivity contribution in [2.45, 2.75) is 20.0 Å². The van der Waals surface area contributed by atoms with Crippen LogP contribution in [0.3, 0.4) is 0 Å². The maximum Gasteiger partial charge on any atom is 0.419 e. The van der Waals surface area contributed by atoms with Crippen LogP contribution < -0.4 is 15.9 Å². The molecule has 0 atom stereocenters. The summed E-state index contributed by atoms with van der Waals surface area (Å²) in [7, 11) is -2.39. The highest BCUT2D eigenvalue weighted by molar-refractivity contribution is 7.70. The Morgan fingerprint density at radius 3 is 2.20 bits per heavy atom. The molecule has 0 bridgehead atoms. The Morgan fingerprint density at radius 2 is 1.70 bits per heavy atom. The van der Waals surface area contributed by atoms with Gasteiger partial charge in [-0.1, -0.05) is 24.8 Å². The van der Waals surface area contributed by atoms with Gasteiger partial charge in [-0.15, -0.1) is 0 Å². The summed E-state index contributed by atoms with van der Waals surface area (Å²) in [5.41, 5.74) is 1.05. The fourth-order valence-electron chi connectivity index (χ4n) is 2.68. The van der Waals surface area contributed by atoms with E-state index in [-0.39, 0.29) is 11.7 Å². The molecule has 0 saturated carbocycles. The SMILES string of the molecule is C=C(/N=C(Nc1cccc(C)c1)\C(=C/C)C(F)(F)F)Nc1ccc(P(C)(C)=O)cc1. The molecule has 0 spiro atoms. The van der Waals surface area contributed by atoms with Crippen LogP contribution in [-0.2, 0) is 4.57 Å². The Bertz CT molecular complexity index is 1020. The Morgan fingerprint density at radius 1 is 1.07 bits per heavy atom. The summed E-state index contributed by atoms with van der Waals surface area (Å²) in [4.78, 5) is 4.06. The fourth-order valence-corrected chi connectivity index (χ4v) is 3.55. The highest BCUT2D eigenvalue weighted by Crippen LogP contribution is 2.34. The van der Waals surface area contributed by atoms with Gasteiger partial charge in [-0.2, -0.15) is 13.2 Å². The number of anilines is 2. The topological polar surface area (TPSA) is 53.5 Å². The van der Waals surface area contributed by atoms with Crippen molar-refractivity contribution in [1.29, 1.82) is 0 Å². The first kappa shape index (κ1) is 23.5. The molecule has 0 saturated heterocycles. The van der Waals surface area contributed by atoms with Crippen LogP contribution in [0.4, 0.5) is 24.5 Å². The van der Waals surface area contributed by atoms with Gasteiger partial charge in [-0.05, 0) is 69.1 Å². The molecule has 0 unspecified atom stereocenters. The zero-order valence-electron chi connectivity index (χ0n) is 17.3. The van der Waals surface area contributed by atoms with E-state index in [4.69, 9.17) is 0 Å². The van der Waals surface area contributed by atoms with Crippen molar-refractivity contribution >= 4 is 29.7 Å². The summed E-state index contributed by atoms with van der Waals surface area (Å²) in [6, 6.07) is 13.8. The lowest BCUT2D eigenvalue weighted by molar-refractivity contribution is -0.0861. The van der Waals surface area contributed by atoms with Crippen molar-refractivity contribution in [3.05, 3.63) is 78.1 Å². The first-order valence-corrected chi connectivity index (χ1v) is 11.8. The van der Waals surface area contributed by atoms with E-state index in [9.17, 15) is 17.7 Å². The number of allylic oxidation sites excluding steroid dienone is 1. The largest absolute Gasteiger partial charge is 0.419 e. The van der Waals surface area contributed by atoms with Crippen LogP contribution in [0.5, 0.6) is 0 Å². The molecule has 0 aliphatic carbocycles. The van der Waals surface area contributed by atoms with E-state index in [1.807, 2.05) is 13.0 Å². The van der Waals surface area contributed by atoms with Gasteiger partial charge in [0.2, 0.25) is 0 Å². The number of amidine groups is 1. The van der Waals surface area contributed by atoms with Crippen LogP contribution in [0.1, 0.15) is 12.5 Å². The second kappa shape index (κ2) is 9.35. The van der Waals surface area contributed by atoms with Crippen LogP contribution in [0.2, 0.25) is 0 Å². The average molecular weight is 435 g/mol. The third-order valence-corrected chi connectivity index (χ3v) is 5.70. The lowest BCUT2D eigenvalue weighted by Crippen LogP contribution is -2.26. The predicted molar refractivity (Wildman–Crippen MR) is 120 cm³/mol. The third kappa shape index (κ3) is 6.63. The fraction of sp³-hybridized carbons (Fsp3) is 0.227. The molecule has 30 heavy (non-hydrogen) atoms. The molecule has 0 radical (unpaired) electrons. The Balaban J connectivity index is 2.32. The Labute approximate surface area is 175 Å². The lowest BCUT2D eigenvalue weighted by atomic mass is 10.2. The van der Waals surface area contributed by atoms with Crippen LogP contribution in [0.15, 0.2) is 77.6 Å². The van der Waals surface area contributed by atoms with Crippen molar-refractivity contribution < 1.29 is 17.7 Å². The van der Waals surface area contributed by atoms with Crippen molar-refractivity contribution in [3.63, 3.8) is 0 Å². The van der Waals surface area contributed by atoms with Crippen molar-refractivity contribution in [2.24, 2.45) is 4.99 Å². The van der Waals surface area contributed by atoms with Gasteiger partial charge in [-0.25, -0.2) is 4.99 Å². The first-order chi connectivity index (χ1) is 13.9. The summed E-state index contributed by atoms with van der Waals surface area (Å²) in [5.74, 6) is -0.339. The van der Waals surface area contributed by atoms with Crippen molar-refractivity contribution in [2.75, 3.05) is 24.0 Å². The molecule has 0 aliphatic rings. The maximum absolute atomic E-state index is 13.5. The lowest BCUT2D eigenvalue weighted by Gasteiger charge is -2.17. The molecule has 4 nitrogen and oxygen atoms in total. The summed E-state index contributed by atoms with van der Waals surface area (Å²) in [6.45, 7) is 10.2. The summed E-state index contributed by atoms with van der Waals surface area (Å²) in [6.07, 6.45) is -3.63. The molecular formula is C22H25F3N3OP. The number of rotatable bonds is 6. The zero-order chi connectivity index (χ0) is 22.5. The number of halogens is 3. The highest BCUT2D eigenvalue weighted by atomic mass is 31.2. The summed E-state index contributed by atoms with van der Waals surface area (Å²) < 4.78 is 52.7. The van der Waals surface area contributed by atoms with Gasteiger partial charge in [-0.3, -0.25) is 0 Å². The monoisotopic (exact) mass is 435 g/mol. The van der Waals surface area contributed by atoms with E-state index < -0.39 is 18.9 Å². The molecular weight excluding hydrogens is 410 g/mol. The maximum atomic E-state index is 13.5. The van der Waals surface area contributed by atoms with Gasteiger partial charge in [0, 0.05) is 16.7 Å². The first-order valence-electron chi connectivity index (χ1n) is 9.18. The minimum atomic E-state index is -4.59. The summed E-state index contributed by atoms with van der Waals surface area (Å²) in [5, 5.41) is 6.33. The van der Waals surface area contributed by atoms with Gasteiger partial charge >= 0.3 is 6.18 Å². The molecule has 0 amide bonds. The zero-order valence-corrected chi connectivity index (χ0v) is 18.2. The second-order valence-corrected chi connectivity index (χ2v) is 10.3. The smallest absolute Gasteiger partial charge is 0.341 e. The van der Waals surface area contributed by atoms with Crippen LogP contribution in [0.25, 0.3) is 0 Å². The minimum Gasteiger partial charge on any atom is -0.341 e. The third-order valence-electron chi connectivity index (χ3n) is 4.15. The van der Waals surface area contributed by atoms with E-state index in [0.29, 0.717) is 16.7 Å². The number of nitrogens with one attached hydrogen (secondary N) is 2. The van der Waals surface area contributed by atoms with Crippen LogP contribution in [-0.4, -0.2) is 25.3 Å². The van der Waals surface area contributed by atoms with E-state index >= 15 is 0 Å². The Hall–Kier alpha value is -2.79. The molecule has 2 N–H and O–H groups in total. The average Bonchev–Trinajstić information content (AvgIpc) is 2.60. The standard InChI is InChI=1S/C22H25F3N3OP/c1-6-20(22(23,24)25)21(28-18-9-7-8-15(2)14-18)27-16(3)26-17-10-12-19(13-11-17)30(4,5)29/h6-14,26H,3H2,1-2,4-5H3,(H,27,28)/b20-6+. The molecule has 0 aromatic heterocycles. The summed E-state index contributed by atoms with van der Waals surface area (Å²) >= 11 is 0. The molecule has 0 aliphatic heterocycles. The van der Waals surface area contributed by atoms with Gasteiger partial charge in [0.25, 0.3) is 0 Å². The van der Waals surface area contributed by atoms with Gasteiger partial charge in [0.15, 0.2) is 0 Å². The van der Waals surface area contributed by atoms with Crippen molar-refractivity contribution in [1.82, 2.24) is 0 Å². The van der Waals surface area contributed by atoms with Gasteiger partial charge in [0.05, 0.1) is 5.57 Å². The number of aliphatic imine (C=N–C) groups is 1. The quantitative estimate of drug-likeness (QED) is 0.325. The van der Waals surface area contributed by atoms with E-state index in [1.54, 1.807) is 55.8 Å². The van der Waals surface area contributed by atoms with E-state index in [0.717, 1.165) is 11.6 Å². The number of hydrogen-bond acceptors (Lipinski definition) is 3. The Kier molecular flexibility index (Phi) is 7.32. The van der Waals surface area contributed by atoms with Crippen LogP contribution in [0, 0.1) is 6.92 Å². The molecule has 2 aromatic rings. The highest BCUT2D eigenvalue weighted by Gasteiger charge is 2.36. The molecule has 160 valence electrons. The van der Waals surface area contributed by atoms with Gasteiger partial charge < -0.3 is 15.2 Å². The molecule has 0 fully saturated rings. The second-order valence-electron chi connectivity index (χ2n) is 7.12. The number of hydrogen-bond donors (Lipinski definition) is 2. The molecule has 0 heterocycles. The normalized spacial score (nSPS) is 13.2. The molecule has 2 rings (SSSR count). The molecule has 8 heteroatoms. The molecule has 2 aromatic carbocycles. The van der Waals surface area contributed by atoms with Gasteiger partial charge in [0.1, 0.15) is 18.8 Å². The van der Waals surface area contributed by atoms with E-state index in [2.05, 4.69) is 22.2 Å². The number of aryl methyl sites for hydroxylation is 1. The number of benzene rings is 2. The van der Waals surface area contributed by atoms with E-state index in [1.165, 1.54) is 6.92 Å².